The Hall–Kier alpha value is -3.25. The van der Waals surface area contributed by atoms with Crippen molar-refractivity contribution in [3.8, 4) is 28.4 Å². The van der Waals surface area contributed by atoms with Crippen molar-refractivity contribution in [1.29, 1.82) is 0 Å². The van der Waals surface area contributed by atoms with Crippen molar-refractivity contribution in [3.05, 3.63) is 64.5 Å². The van der Waals surface area contributed by atoms with Gasteiger partial charge in [0.2, 0.25) is 5.43 Å². The van der Waals surface area contributed by atoms with Crippen molar-refractivity contribution in [2.45, 2.75) is 19.4 Å². The van der Waals surface area contributed by atoms with Gasteiger partial charge >= 0.3 is 0 Å². The summed E-state index contributed by atoms with van der Waals surface area (Å²) in [5.74, 6) is 0.144. The molecule has 0 bridgehead atoms. The normalized spacial score (nSPS) is 12.1. The molecule has 0 amide bonds. The highest BCUT2D eigenvalue weighted by molar-refractivity contribution is 5.88. The molecule has 140 valence electrons. The number of hydrogen-bond donors (Lipinski definition) is 3. The van der Waals surface area contributed by atoms with Crippen LogP contribution in [-0.4, -0.2) is 28.5 Å². The highest BCUT2D eigenvalue weighted by atomic mass is 16.5. The average Bonchev–Trinajstić information content (AvgIpc) is 2.63. The number of aliphatic hydroxyl groups is 1. The summed E-state index contributed by atoms with van der Waals surface area (Å²) in [6, 6.07) is 7.50. The summed E-state index contributed by atoms with van der Waals surface area (Å²) >= 11 is 0. The van der Waals surface area contributed by atoms with Crippen molar-refractivity contribution in [2.24, 2.45) is 0 Å². The summed E-state index contributed by atoms with van der Waals surface area (Å²) in [6.07, 6.45) is 0.654. The Balaban J connectivity index is 2.13. The Morgan fingerprint density at radius 2 is 1.96 bits per heavy atom. The van der Waals surface area contributed by atoms with Crippen LogP contribution in [0.3, 0.4) is 0 Å². The molecule has 6 heteroatoms. The van der Waals surface area contributed by atoms with Crippen molar-refractivity contribution < 1.29 is 24.5 Å². The van der Waals surface area contributed by atoms with Gasteiger partial charge in [0.05, 0.1) is 18.8 Å². The average molecular weight is 368 g/mol. The molecule has 0 saturated heterocycles. The van der Waals surface area contributed by atoms with Gasteiger partial charge in [0.15, 0.2) is 0 Å². The van der Waals surface area contributed by atoms with Crippen LogP contribution in [0.5, 0.6) is 17.2 Å². The number of aliphatic hydroxyl groups excluding tert-OH is 1. The highest BCUT2D eigenvalue weighted by Gasteiger charge is 2.16. The maximum atomic E-state index is 12.9. The molecule has 1 atom stereocenters. The first kappa shape index (κ1) is 18.5. The van der Waals surface area contributed by atoms with Gasteiger partial charge in [0.1, 0.15) is 34.5 Å². The van der Waals surface area contributed by atoms with Gasteiger partial charge in [0.25, 0.3) is 0 Å². The Morgan fingerprint density at radius 3 is 2.63 bits per heavy atom. The lowest BCUT2D eigenvalue weighted by Crippen LogP contribution is -2.11. The lowest BCUT2D eigenvalue weighted by molar-refractivity contribution is 0.210. The molecule has 0 aliphatic carbocycles. The number of benzene rings is 2. The van der Waals surface area contributed by atoms with Crippen LogP contribution in [-0.2, 0) is 6.42 Å². The molecule has 0 fully saturated rings. The van der Waals surface area contributed by atoms with Gasteiger partial charge in [0, 0.05) is 18.6 Å². The van der Waals surface area contributed by atoms with E-state index in [0.717, 1.165) is 0 Å². The van der Waals surface area contributed by atoms with Gasteiger partial charge in [-0.15, -0.1) is 0 Å². The van der Waals surface area contributed by atoms with Gasteiger partial charge in [-0.2, -0.15) is 0 Å². The van der Waals surface area contributed by atoms with Gasteiger partial charge in [-0.1, -0.05) is 18.2 Å². The first-order valence-corrected chi connectivity index (χ1v) is 8.30. The van der Waals surface area contributed by atoms with Crippen LogP contribution < -0.4 is 10.2 Å². The summed E-state index contributed by atoms with van der Waals surface area (Å²) in [4.78, 5) is 12.9. The van der Waals surface area contributed by atoms with E-state index in [-0.39, 0.29) is 34.5 Å². The fourth-order valence-corrected chi connectivity index (χ4v) is 2.82. The molecule has 27 heavy (non-hydrogen) atoms. The van der Waals surface area contributed by atoms with E-state index in [2.05, 4.69) is 6.58 Å². The minimum absolute atomic E-state index is 0.0109. The largest absolute Gasteiger partial charge is 0.508 e. The van der Waals surface area contributed by atoms with Crippen molar-refractivity contribution in [1.82, 2.24) is 0 Å². The van der Waals surface area contributed by atoms with Gasteiger partial charge in [-0.05, 0) is 30.2 Å². The molecular weight excluding hydrogens is 348 g/mol. The predicted octanol–water partition coefficient (Wildman–Crippen LogP) is 3.36. The Bertz CT molecular complexity index is 1080. The van der Waals surface area contributed by atoms with Crippen molar-refractivity contribution in [2.75, 3.05) is 7.11 Å². The molecule has 1 unspecified atom stereocenters. The summed E-state index contributed by atoms with van der Waals surface area (Å²) in [6.45, 7) is 5.39. The monoisotopic (exact) mass is 368 g/mol. The summed E-state index contributed by atoms with van der Waals surface area (Å²) in [5, 5.41) is 30.3. The number of methoxy groups -OCH3 is 1. The molecule has 3 rings (SSSR count). The minimum Gasteiger partial charge on any atom is -0.508 e. The standard InChI is InChI=1S/C21H20O6/c1-11(2)17(23)7-13-6-12(4-5-16(13)22)15-10-27-19-9-14(26-3)8-18(24)20(19)21(15)25/h4-6,8-10,17,22-24H,1,7H2,2-3H3. The number of ether oxygens (including phenoxy) is 1. The van der Waals surface area contributed by atoms with Crippen LogP contribution in [0.1, 0.15) is 12.5 Å². The third kappa shape index (κ3) is 3.52. The molecule has 3 aromatic rings. The predicted molar refractivity (Wildman–Crippen MR) is 102 cm³/mol. The number of phenols is 2. The second-order valence-corrected chi connectivity index (χ2v) is 6.41. The molecule has 1 heterocycles. The molecule has 0 aliphatic rings. The maximum Gasteiger partial charge on any atom is 0.204 e. The van der Waals surface area contributed by atoms with Gasteiger partial charge in [-0.25, -0.2) is 0 Å². The van der Waals surface area contributed by atoms with Crippen LogP contribution in [0.4, 0.5) is 0 Å². The zero-order chi connectivity index (χ0) is 19.7. The van der Waals surface area contributed by atoms with E-state index in [1.54, 1.807) is 19.1 Å². The van der Waals surface area contributed by atoms with E-state index >= 15 is 0 Å². The Morgan fingerprint density at radius 1 is 1.22 bits per heavy atom. The molecule has 0 aliphatic heterocycles. The second-order valence-electron chi connectivity index (χ2n) is 6.41. The van der Waals surface area contributed by atoms with Gasteiger partial charge < -0.3 is 24.5 Å². The number of phenolic OH excluding ortho intramolecular Hbond substituents is 2. The number of fused-ring (bicyclic) bond motifs is 1. The van der Waals surface area contributed by atoms with E-state index in [0.29, 0.717) is 22.4 Å². The third-order valence-corrected chi connectivity index (χ3v) is 4.44. The lowest BCUT2D eigenvalue weighted by atomic mass is 9.97. The van der Waals surface area contributed by atoms with E-state index < -0.39 is 11.5 Å². The number of hydrogen-bond acceptors (Lipinski definition) is 6. The van der Waals surface area contributed by atoms with E-state index in [9.17, 15) is 20.1 Å². The van der Waals surface area contributed by atoms with E-state index in [1.165, 1.54) is 31.6 Å². The maximum absolute atomic E-state index is 12.9. The summed E-state index contributed by atoms with van der Waals surface area (Å²) in [5.41, 5.74) is 1.58. The van der Waals surface area contributed by atoms with E-state index in [4.69, 9.17) is 9.15 Å². The fourth-order valence-electron chi connectivity index (χ4n) is 2.82. The molecule has 1 aromatic heterocycles. The Kier molecular flexibility index (Phi) is 4.92. The lowest BCUT2D eigenvalue weighted by Gasteiger charge is -2.13. The zero-order valence-corrected chi connectivity index (χ0v) is 15.0. The molecule has 0 spiro atoms. The summed E-state index contributed by atoms with van der Waals surface area (Å²) in [7, 11) is 1.45. The second kappa shape index (κ2) is 7.17. The third-order valence-electron chi connectivity index (χ3n) is 4.44. The first-order chi connectivity index (χ1) is 12.8. The topological polar surface area (TPSA) is 100 Å². The molecular formula is C21H20O6. The zero-order valence-electron chi connectivity index (χ0n) is 15.0. The van der Waals surface area contributed by atoms with Gasteiger partial charge in [-0.3, -0.25) is 4.79 Å². The smallest absolute Gasteiger partial charge is 0.204 e. The molecule has 6 nitrogen and oxygen atoms in total. The molecule has 3 N–H and O–H groups in total. The highest BCUT2D eigenvalue weighted by Crippen LogP contribution is 2.31. The Labute approximate surface area is 155 Å². The SMILES string of the molecule is C=C(C)C(O)Cc1cc(-c2coc3cc(OC)cc(O)c3c2=O)ccc1O. The minimum atomic E-state index is -0.810. The fraction of sp³-hybridized carbons (Fsp3) is 0.190. The van der Waals surface area contributed by atoms with Crippen LogP contribution in [0.15, 0.2) is 58.0 Å². The first-order valence-electron chi connectivity index (χ1n) is 8.30. The van der Waals surface area contributed by atoms with Crippen LogP contribution >= 0.6 is 0 Å². The van der Waals surface area contributed by atoms with Crippen LogP contribution in [0, 0.1) is 0 Å². The van der Waals surface area contributed by atoms with Crippen molar-refractivity contribution in [3.63, 3.8) is 0 Å². The molecule has 2 aromatic carbocycles. The number of aromatic hydroxyl groups is 2. The molecule has 0 radical (unpaired) electrons. The van der Waals surface area contributed by atoms with Crippen LogP contribution in [0.2, 0.25) is 0 Å². The van der Waals surface area contributed by atoms with E-state index in [1.807, 2.05) is 0 Å². The number of rotatable bonds is 5. The van der Waals surface area contributed by atoms with Crippen molar-refractivity contribution >= 4 is 11.0 Å². The summed E-state index contributed by atoms with van der Waals surface area (Å²) < 4.78 is 10.6. The quantitative estimate of drug-likeness (QED) is 0.597. The van der Waals surface area contributed by atoms with Crippen LogP contribution in [0.25, 0.3) is 22.1 Å². The molecule has 0 saturated carbocycles.